The molecule has 0 saturated heterocycles. The molecule has 0 amide bonds. The smallest absolute Gasteiger partial charge is 0.128 e. The first-order valence-electron chi connectivity index (χ1n) is 5.41. The van der Waals surface area contributed by atoms with Gasteiger partial charge in [0, 0.05) is 11.6 Å². The molecule has 0 aromatic heterocycles. The van der Waals surface area contributed by atoms with E-state index in [1.807, 2.05) is 13.0 Å². The zero-order chi connectivity index (χ0) is 11.3. The number of unbranched alkanes of at least 4 members (excludes halogenated alkanes) is 1. The Morgan fingerprint density at radius 3 is 2.80 bits per heavy atom. The fraction of sp³-hybridized carbons (Fsp3) is 0.500. The van der Waals surface area contributed by atoms with Crippen LogP contribution in [0.5, 0.6) is 0 Å². The van der Waals surface area contributed by atoms with Gasteiger partial charge < -0.3 is 0 Å². The molecule has 0 radical (unpaired) electrons. The molecule has 1 aromatic carbocycles. The van der Waals surface area contributed by atoms with E-state index in [4.69, 9.17) is 5.84 Å². The van der Waals surface area contributed by atoms with Crippen molar-refractivity contribution in [2.24, 2.45) is 5.84 Å². The highest BCUT2D eigenvalue weighted by Gasteiger charge is 2.13. The number of nitrogens with two attached hydrogens (primary N) is 1. The van der Waals surface area contributed by atoms with Crippen LogP contribution in [-0.2, 0) is 0 Å². The molecule has 1 aromatic rings. The first-order chi connectivity index (χ1) is 7.19. The zero-order valence-corrected chi connectivity index (χ0v) is 9.39. The van der Waals surface area contributed by atoms with Gasteiger partial charge in [0.2, 0.25) is 0 Å². The van der Waals surface area contributed by atoms with Gasteiger partial charge >= 0.3 is 0 Å². The van der Waals surface area contributed by atoms with Gasteiger partial charge in [0.25, 0.3) is 0 Å². The van der Waals surface area contributed by atoms with Crippen molar-refractivity contribution in [2.45, 2.75) is 39.2 Å². The van der Waals surface area contributed by atoms with E-state index in [0.29, 0.717) is 5.56 Å². The highest BCUT2D eigenvalue weighted by molar-refractivity contribution is 5.26. The van der Waals surface area contributed by atoms with Gasteiger partial charge in [-0.15, -0.1) is 0 Å². The summed E-state index contributed by atoms with van der Waals surface area (Å²) >= 11 is 0. The molecule has 3 N–H and O–H groups in total. The third-order valence-electron chi connectivity index (χ3n) is 2.57. The number of halogens is 1. The number of hydrogen-bond donors (Lipinski definition) is 2. The van der Waals surface area contributed by atoms with Crippen LogP contribution >= 0.6 is 0 Å². The van der Waals surface area contributed by atoms with Gasteiger partial charge in [-0.2, -0.15) is 0 Å². The molecule has 0 aliphatic carbocycles. The van der Waals surface area contributed by atoms with Crippen LogP contribution in [0.2, 0.25) is 0 Å². The predicted molar refractivity (Wildman–Crippen MR) is 60.7 cm³/mol. The van der Waals surface area contributed by atoms with Crippen molar-refractivity contribution < 1.29 is 4.39 Å². The van der Waals surface area contributed by atoms with Crippen LogP contribution in [0.3, 0.4) is 0 Å². The molecule has 0 heterocycles. The molecule has 0 bridgehead atoms. The second-order valence-electron chi connectivity index (χ2n) is 3.89. The van der Waals surface area contributed by atoms with E-state index >= 15 is 0 Å². The van der Waals surface area contributed by atoms with Crippen molar-refractivity contribution in [3.05, 3.63) is 35.1 Å². The minimum absolute atomic E-state index is 0.0788. The van der Waals surface area contributed by atoms with E-state index in [1.54, 1.807) is 6.07 Å². The first-order valence-corrected chi connectivity index (χ1v) is 5.41. The Hall–Kier alpha value is -0.930. The third-order valence-corrected chi connectivity index (χ3v) is 2.57. The third kappa shape index (κ3) is 3.29. The Kier molecular flexibility index (Phi) is 4.72. The van der Waals surface area contributed by atoms with Crippen LogP contribution in [0.1, 0.15) is 43.4 Å². The summed E-state index contributed by atoms with van der Waals surface area (Å²) < 4.78 is 13.5. The number of hydrazine groups is 1. The van der Waals surface area contributed by atoms with Crippen molar-refractivity contribution in [3.8, 4) is 0 Å². The standard InChI is InChI=1S/C12H19FN2/c1-3-4-5-12(15-14)10-8-9(2)6-7-11(10)13/h6-8,12,15H,3-5,14H2,1-2H3. The topological polar surface area (TPSA) is 38.0 Å². The molecule has 0 aliphatic rings. The van der Waals surface area contributed by atoms with Crippen LogP contribution in [0, 0.1) is 12.7 Å². The zero-order valence-electron chi connectivity index (χ0n) is 9.39. The maximum absolute atomic E-state index is 13.5. The van der Waals surface area contributed by atoms with Crippen molar-refractivity contribution in [2.75, 3.05) is 0 Å². The van der Waals surface area contributed by atoms with Gasteiger partial charge in [0.15, 0.2) is 0 Å². The maximum Gasteiger partial charge on any atom is 0.128 e. The minimum atomic E-state index is -0.181. The normalized spacial score (nSPS) is 12.8. The highest BCUT2D eigenvalue weighted by atomic mass is 19.1. The van der Waals surface area contributed by atoms with Crippen LogP contribution < -0.4 is 11.3 Å². The lowest BCUT2D eigenvalue weighted by Gasteiger charge is -2.17. The summed E-state index contributed by atoms with van der Waals surface area (Å²) in [4.78, 5) is 0. The summed E-state index contributed by atoms with van der Waals surface area (Å²) in [6.45, 7) is 4.07. The summed E-state index contributed by atoms with van der Waals surface area (Å²) in [5.74, 6) is 5.27. The Morgan fingerprint density at radius 1 is 1.47 bits per heavy atom. The molecular formula is C12H19FN2. The molecule has 0 aliphatic heterocycles. The monoisotopic (exact) mass is 210 g/mol. The predicted octanol–water partition coefficient (Wildman–Crippen LogP) is 2.83. The van der Waals surface area contributed by atoms with Crippen molar-refractivity contribution >= 4 is 0 Å². The summed E-state index contributed by atoms with van der Waals surface area (Å²) in [5.41, 5.74) is 4.41. The molecule has 1 rings (SSSR count). The van der Waals surface area contributed by atoms with Gasteiger partial charge in [0.05, 0.1) is 0 Å². The Bertz CT molecular complexity index is 312. The molecule has 2 nitrogen and oxygen atoms in total. The Balaban J connectivity index is 2.85. The quantitative estimate of drug-likeness (QED) is 0.579. The Labute approximate surface area is 90.6 Å². The van der Waals surface area contributed by atoms with Gasteiger partial charge in [-0.25, -0.2) is 4.39 Å². The fourth-order valence-electron chi connectivity index (χ4n) is 1.67. The summed E-state index contributed by atoms with van der Waals surface area (Å²) in [6.07, 6.45) is 3.00. The molecule has 0 fully saturated rings. The first kappa shape index (κ1) is 12.1. The summed E-state index contributed by atoms with van der Waals surface area (Å²) in [5, 5.41) is 0. The molecule has 1 atom stereocenters. The summed E-state index contributed by atoms with van der Waals surface area (Å²) in [7, 11) is 0. The van der Waals surface area contributed by atoms with E-state index in [2.05, 4.69) is 12.3 Å². The molecule has 84 valence electrons. The largest absolute Gasteiger partial charge is 0.271 e. The molecule has 0 spiro atoms. The highest BCUT2D eigenvalue weighted by Crippen LogP contribution is 2.22. The summed E-state index contributed by atoms with van der Waals surface area (Å²) in [6, 6.07) is 5.05. The second-order valence-corrected chi connectivity index (χ2v) is 3.89. The van der Waals surface area contributed by atoms with Crippen LogP contribution in [0.4, 0.5) is 4.39 Å². The van der Waals surface area contributed by atoms with Gasteiger partial charge in [-0.05, 0) is 19.4 Å². The van der Waals surface area contributed by atoms with Crippen LogP contribution in [0.15, 0.2) is 18.2 Å². The molecule has 3 heteroatoms. The molecule has 15 heavy (non-hydrogen) atoms. The van der Waals surface area contributed by atoms with Crippen LogP contribution in [-0.4, -0.2) is 0 Å². The van der Waals surface area contributed by atoms with Crippen molar-refractivity contribution in [3.63, 3.8) is 0 Å². The Morgan fingerprint density at radius 2 is 2.20 bits per heavy atom. The number of nitrogens with one attached hydrogen (secondary N) is 1. The van der Waals surface area contributed by atoms with Crippen molar-refractivity contribution in [1.29, 1.82) is 0 Å². The number of rotatable bonds is 5. The van der Waals surface area contributed by atoms with E-state index in [1.165, 1.54) is 6.07 Å². The lowest BCUT2D eigenvalue weighted by molar-refractivity contribution is 0.470. The number of aryl methyl sites for hydroxylation is 1. The van der Waals surface area contributed by atoms with Crippen molar-refractivity contribution in [1.82, 2.24) is 5.43 Å². The molecule has 0 saturated carbocycles. The fourth-order valence-corrected chi connectivity index (χ4v) is 1.67. The second kappa shape index (κ2) is 5.83. The average Bonchev–Trinajstić information content (AvgIpc) is 2.24. The van der Waals surface area contributed by atoms with Crippen LogP contribution in [0.25, 0.3) is 0 Å². The number of benzene rings is 1. The maximum atomic E-state index is 13.5. The SMILES string of the molecule is CCCCC(NN)c1cc(C)ccc1F. The van der Waals surface area contributed by atoms with Gasteiger partial charge in [-0.1, -0.05) is 37.5 Å². The molecular weight excluding hydrogens is 191 g/mol. The minimum Gasteiger partial charge on any atom is -0.271 e. The van der Waals surface area contributed by atoms with E-state index in [-0.39, 0.29) is 11.9 Å². The lowest BCUT2D eigenvalue weighted by Crippen LogP contribution is -2.28. The van der Waals surface area contributed by atoms with E-state index in [0.717, 1.165) is 24.8 Å². The van der Waals surface area contributed by atoms with E-state index < -0.39 is 0 Å². The van der Waals surface area contributed by atoms with Gasteiger partial charge in [-0.3, -0.25) is 11.3 Å². The number of hydrogen-bond acceptors (Lipinski definition) is 2. The lowest BCUT2D eigenvalue weighted by atomic mass is 9.99. The van der Waals surface area contributed by atoms with Gasteiger partial charge in [0.1, 0.15) is 5.82 Å². The molecule has 1 unspecified atom stereocenters. The average molecular weight is 210 g/mol. The van der Waals surface area contributed by atoms with E-state index in [9.17, 15) is 4.39 Å².